The normalized spacial score (nSPS) is 12.0. The van der Waals surface area contributed by atoms with Crippen LogP contribution in [0, 0.1) is 6.92 Å². The summed E-state index contributed by atoms with van der Waals surface area (Å²) in [6.45, 7) is 3.59. The molecule has 0 fully saturated rings. The summed E-state index contributed by atoms with van der Waals surface area (Å²) in [4.78, 5) is 27.6. The maximum atomic E-state index is 12.3. The molecule has 4 nitrogen and oxygen atoms in total. The van der Waals surface area contributed by atoms with Gasteiger partial charge in [0, 0.05) is 31.2 Å². The highest BCUT2D eigenvalue weighted by molar-refractivity contribution is 5.86. The van der Waals surface area contributed by atoms with Gasteiger partial charge in [0.05, 0.1) is 6.04 Å². The SMILES string of the molecule is CC(=O)CCCc1ccc(CC(=O)[C@H](N)Cc2ccc(C)cn2)cc1. The third-order valence-corrected chi connectivity index (χ3v) is 4.21. The van der Waals surface area contributed by atoms with E-state index in [0.717, 1.165) is 29.7 Å². The second-order valence-corrected chi connectivity index (χ2v) is 6.65. The molecular weight excluding hydrogens is 312 g/mol. The van der Waals surface area contributed by atoms with Crippen molar-refractivity contribution in [2.24, 2.45) is 5.73 Å². The average Bonchev–Trinajstić information content (AvgIpc) is 2.58. The quantitative estimate of drug-likeness (QED) is 0.763. The van der Waals surface area contributed by atoms with E-state index < -0.39 is 6.04 Å². The first kappa shape index (κ1) is 19.0. The lowest BCUT2D eigenvalue weighted by Gasteiger charge is -2.11. The number of pyridine rings is 1. The minimum Gasteiger partial charge on any atom is -0.321 e. The number of aryl methyl sites for hydroxylation is 2. The summed E-state index contributed by atoms with van der Waals surface area (Å²) in [5.41, 5.74) is 10.1. The fraction of sp³-hybridized carbons (Fsp3) is 0.381. The Morgan fingerprint density at radius 3 is 2.36 bits per heavy atom. The number of nitrogens with zero attached hydrogens (tertiary/aromatic N) is 1. The molecule has 0 saturated carbocycles. The predicted molar refractivity (Wildman–Crippen MR) is 99.4 cm³/mol. The van der Waals surface area contributed by atoms with Crippen LogP contribution in [0.15, 0.2) is 42.6 Å². The first-order chi connectivity index (χ1) is 11.9. The van der Waals surface area contributed by atoms with Crippen molar-refractivity contribution < 1.29 is 9.59 Å². The van der Waals surface area contributed by atoms with Crippen molar-refractivity contribution in [3.63, 3.8) is 0 Å². The molecule has 0 spiro atoms. The Morgan fingerprint density at radius 2 is 1.76 bits per heavy atom. The van der Waals surface area contributed by atoms with Crippen LogP contribution in [0.2, 0.25) is 0 Å². The van der Waals surface area contributed by atoms with E-state index in [1.54, 1.807) is 13.1 Å². The molecular formula is C21H26N2O2. The third kappa shape index (κ3) is 6.59. The summed E-state index contributed by atoms with van der Waals surface area (Å²) in [6.07, 6.45) is 4.94. The third-order valence-electron chi connectivity index (χ3n) is 4.21. The van der Waals surface area contributed by atoms with Crippen LogP contribution in [-0.4, -0.2) is 22.6 Å². The molecule has 0 aliphatic rings. The van der Waals surface area contributed by atoms with Crippen molar-refractivity contribution in [3.05, 3.63) is 65.0 Å². The first-order valence-corrected chi connectivity index (χ1v) is 8.71. The number of carbonyl (C=O) groups excluding carboxylic acids is 2. The molecule has 0 radical (unpaired) electrons. The second-order valence-electron chi connectivity index (χ2n) is 6.65. The van der Waals surface area contributed by atoms with Crippen molar-refractivity contribution in [1.82, 2.24) is 4.98 Å². The van der Waals surface area contributed by atoms with Crippen LogP contribution in [0.4, 0.5) is 0 Å². The molecule has 0 aliphatic carbocycles. The zero-order valence-electron chi connectivity index (χ0n) is 15.0. The van der Waals surface area contributed by atoms with E-state index in [1.165, 1.54) is 5.56 Å². The van der Waals surface area contributed by atoms with Gasteiger partial charge >= 0.3 is 0 Å². The van der Waals surface area contributed by atoms with Crippen LogP contribution < -0.4 is 5.73 Å². The first-order valence-electron chi connectivity index (χ1n) is 8.71. The molecule has 1 atom stereocenters. The molecule has 0 aliphatic heterocycles. The van der Waals surface area contributed by atoms with Crippen molar-refractivity contribution >= 4 is 11.6 Å². The Balaban J connectivity index is 1.84. The predicted octanol–water partition coefficient (Wildman–Crippen LogP) is 2.98. The number of hydrogen-bond donors (Lipinski definition) is 1. The maximum absolute atomic E-state index is 12.3. The molecule has 25 heavy (non-hydrogen) atoms. The number of carbonyl (C=O) groups is 2. The second kappa shape index (κ2) is 9.23. The lowest BCUT2D eigenvalue weighted by atomic mass is 9.98. The van der Waals surface area contributed by atoms with Gasteiger partial charge in [-0.2, -0.15) is 0 Å². The minimum atomic E-state index is -0.537. The van der Waals surface area contributed by atoms with Gasteiger partial charge in [-0.3, -0.25) is 9.78 Å². The van der Waals surface area contributed by atoms with Gasteiger partial charge in [-0.25, -0.2) is 0 Å². The molecule has 2 N–H and O–H groups in total. The zero-order chi connectivity index (χ0) is 18.2. The van der Waals surface area contributed by atoms with Crippen molar-refractivity contribution in [2.45, 2.75) is 52.0 Å². The number of hydrogen-bond acceptors (Lipinski definition) is 4. The molecule has 0 saturated heterocycles. The van der Waals surface area contributed by atoms with E-state index in [1.807, 2.05) is 43.3 Å². The molecule has 1 heterocycles. The number of ketones is 2. The average molecular weight is 338 g/mol. The molecule has 4 heteroatoms. The lowest BCUT2D eigenvalue weighted by molar-refractivity contribution is -0.119. The molecule has 0 bridgehead atoms. The van der Waals surface area contributed by atoms with Gasteiger partial charge in [0.15, 0.2) is 5.78 Å². The van der Waals surface area contributed by atoms with Gasteiger partial charge in [-0.15, -0.1) is 0 Å². The van der Waals surface area contributed by atoms with Crippen molar-refractivity contribution in [3.8, 4) is 0 Å². The fourth-order valence-electron chi connectivity index (χ4n) is 2.66. The van der Waals surface area contributed by atoms with E-state index in [0.29, 0.717) is 19.3 Å². The number of aromatic nitrogens is 1. The van der Waals surface area contributed by atoms with Crippen LogP contribution in [0.3, 0.4) is 0 Å². The molecule has 1 aromatic heterocycles. The van der Waals surface area contributed by atoms with E-state index in [9.17, 15) is 9.59 Å². The van der Waals surface area contributed by atoms with Crippen LogP contribution >= 0.6 is 0 Å². The van der Waals surface area contributed by atoms with Crippen molar-refractivity contribution in [1.29, 1.82) is 0 Å². The molecule has 0 amide bonds. The summed E-state index contributed by atoms with van der Waals surface area (Å²) < 4.78 is 0. The fourth-order valence-corrected chi connectivity index (χ4v) is 2.66. The van der Waals surface area contributed by atoms with Gasteiger partial charge in [0.1, 0.15) is 5.78 Å². The highest BCUT2D eigenvalue weighted by atomic mass is 16.1. The van der Waals surface area contributed by atoms with Crippen LogP contribution in [0.5, 0.6) is 0 Å². The molecule has 0 unspecified atom stereocenters. The van der Waals surface area contributed by atoms with E-state index in [-0.39, 0.29) is 11.6 Å². The molecule has 2 aromatic rings. The maximum Gasteiger partial charge on any atom is 0.154 e. The van der Waals surface area contributed by atoms with Crippen LogP contribution in [0.1, 0.15) is 42.1 Å². The van der Waals surface area contributed by atoms with E-state index in [4.69, 9.17) is 5.73 Å². The van der Waals surface area contributed by atoms with Gasteiger partial charge in [0.2, 0.25) is 0 Å². The smallest absolute Gasteiger partial charge is 0.154 e. The Kier molecular flexibility index (Phi) is 7.02. The lowest BCUT2D eigenvalue weighted by Crippen LogP contribution is -2.34. The van der Waals surface area contributed by atoms with Crippen molar-refractivity contribution in [2.75, 3.05) is 0 Å². The number of benzene rings is 1. The summed E-state index contributed by atoms with van der Waals surface area (Å²) in [6, 6.07) is 11.3. The Bertz CT molecular complexity index is 706. The molecule has 2 rings (SSSR count). The minimum absolute atomic E-state index is 0.0201. The van der Waals surface area contributed by atoms with Gasteiger partial charge in [-0.05, 0) is 49.4 Å². The number of Topliss-reactive ketones (excluding diaryl/α,β-unsaturated/α-hetero) is 2. The van der Waals surface area contributed by atoms with Crippen LogP contribution in [0.25, 0.3) is 0 Å². The van der Waals surface area contributed by atoms with E-state index >= 15 is 0 Å². The van der Waals surface area contributed by atoms with Gasteiger partial charge in [-0.1, -0.05) is 30.3 Å². The summed E-state index contributed by atoms with van der Waals surface area (Å²) >= 11 is 0. The van der Waals surface area contributed by atoms with Crippen LogP contribution in [-0.2, 0) is 28.9 Å². The molecule has 132 valence electrons. The highest BCUT2D eigenvalue weighted by Gasteiger charge is 2.15. The summed E-state index contributed by atoms with van der Waals surface area (Å²) in [5, 5.41) is 0. The summed E-state index contributed by atoms with van der Waals surface area (Å²) in [7, 11) is 0. The Labute approximate surface area is 149 Å². The zero-order valence-corrected chi connectivity index (χ0v) is 15.0. The molecule has 1 aromatic carbocycles. The van der Waals surface area contributed by atoms with Gasteiger partial charge < -0.3 is 10.5 Å². The van der Waals surface area contributed by atoms with Gasteiger partial charge in [0.25, 0.3) is 0 Å². The monoisotopic (exact) mass is 338 g/mol. The Hall–Kier alpha value is -2.33. The topological polar surface area (TPSA) is 73.0 Å². The standard InChI is InChI=1S/C21H26N2O2/c1-15-6-11-19(23-14-15)13-20(22)21(25)12-18-9-7-17(8-10-18)5-3-4-16(2)24/h6-11,14,20H,3-5,12-13,22H2,1-2H3/t20-/m1/s1. The Morgan fingerprint density at radius 1 is 1.08 bits per heavy atom. The largest absolute Gasteiger partial charge is 0.321 e. The number of nitrogens with two attached hydrogens (primary N) is 1. The van der Waals surface area contributed by atoms with E-state index in [2.05, 4.69) is 4.98 Å². The summed E-state index contributed by atoms with van der Waals surface area (Å²) in [5.74, 6) is 0.242. The number of rotatable bonds is 9. The highest BCUT2D eigenvalue weighted by Crippen LogP contribution is 2.10.